The number of benzene rings is 1. The minimum absolute atomic E-state index is 0.463. The van der Waals surface area contributed by atoms with E-state index in [9.17, 15) is 0 Å². The van der Waals surface area contributed by atoms with Crippen LogP contribution in [0.2, 0.25) is 0 Å². The van der Waals surface area contributed by atoms with Crippen molar-refractivity contribution in [2.45, 2.75) is 53.0 Å². The van der Waals surface area contributed by atoms with Gasteiger partial charge in [0.2, 0.25) is 0 Å². The van der Waals surface area contributed by atoms with E-state index in [0.717, 1.165) is 24.8 Å². The molecule has 1 rings (SSSR count). The van der Waals surface area contributed by atoms with Crippen LogP contribution in [-0.4, -0.2) is 13.2 Å². The van der Waals surface area contributed by atoms with Crippen molar-refractivity contribution in [3.63, 3.8) is 0 Å². The van der Waals surface area contributed by atoms with Crippen molar-refractivity contribution in [1.29, 1.82) is 0 Å². The molecule has 108 valence electrons. The van der Waals surface area contributed by atoms with Crippen LogP contribution in [0.5, 0.6) is 5.75 Å². The van der Waals surface area contributed by atoms with Gasteiger partial charge in [0.1, 0.15) is 5.75 Å². The third-order valence-corrected chi connectivity index (χ3v) is 3.77. The molecule has 0 aliphatic carbocycles. The predicted octanol–water partition coefficient (Wildman–Crippen LogP) is 4.56. The number of ether oxygens (including phenoxy) is 1. The van der Waals surface area contributed by atoms with E-state index in [4.69, 9.17) is 4.74 Å². The van der Waals surface area contributed by atoms with Crippen molar-refractivity contribution in [1.82, 2.24) is 5.32 Å². The Morgan fingerprint density at radius 1 is 1.00 bits per heavy atom. The second-order valence-electron chi connectivity index (χ2n) is 5.03. The molecule has 0 amide bonds. The van der Waals surface area contributed by atoms with Gasteiger partial charge >= 0.3 is 0 Å². The maximum Gasteiger partial charge on any atom is 0.119 e. The highest BCUT2D eigenvalue weighted by atomic mass is 16.5. The summed E-state index contributed by atoms with van der Waals surface area (Å²) in [4.78, 5) is 0. The van der Waals surface area contributed by atoms with E-state index in [0.29, 0.717) is 6.04 Å². The van der Waals surface area contributed by atoms with Gasteiger partial charge in [0.15, 0.2) is 0 Å². The van der Waals surface area contributed by atoms with Crippen LogP contribution in [0.4, 0.5) is 0 Å². The van der Waals surface area contributed by atoms with Crippen molar-refractivity contribution < 1.29 is 4.74 Å². The molecule has 1 aromatic rings. The van der Waals surface area contributed by atoms with Gasteiger partial charge in [-0.3, -0.25) is 0 Å². The fourth-order valence-corrected chi connectivity index (χ4v) is 2.50. The molecule has 1 unspecified atom stereocenters. The Hall–Kier alpha value is -1.02. The summed E-state index contributed by atoms with van der Waals surface area (Å²) >= 11 is 0. The summed E-state index contributed by atoms with van der Waals surface area (Å²) < 4.78 is 5.50. The summed E-state index contributed by atoms with van der Waals surface area (Å²) in [5.74, 6) is 1.76. The van der Waals surface area contributed by atoms with E-state index >= 15 is 0 Å². The standard InChI is InChI=1S/C17H29NO/c1-5-14(6-2)13-17(18-7-3)15-9-11-16(12-10-15)19-8-4/h9-12,14,17-18H,5-8,13H2,1-4H3. The minimum Gasteiger partial charge on any atom is -0.494 e. The normalized spacial score (nSPS) is 12.7. The van der Waals surface area contributed by atoms with Crippen LogP contribution in [0.25, 0.3) is 0 Å². The van der Waals surface area contributed by atoms with Crippen LogP contribution in [0.15, 0.2) is 24.3 Å². The maximum absolute atomic E-state index is 5.50. The minimum atomic E-state index is 0.463. The topological polar surface area (TPSA) is 21.3 Å². The molecule has 0 radical (unpaired) electrons. The van der Waals surface area contributed by atoms with Crippen molar-refractivity contribution in [2.75, 3.05) is 13.2 Å². The second-order valence-corrected chi connectivity index (χ2v) is 5.03. The monoisotopic (exact) mass is 263 g/mol. The SMILES string of the molecule is CCNC(CC(CC)CC)c1ccc(OCC)cc1. The lowest BCUT2D eigenvalue weighted by Crippen LogP contribution is -2.23. The summed E-state index contributed by atoms with van der Waals surface area (Å²) in [7, 11) is 0. The van der Waals surface area contributed by atoms with Gasteiger partial charge in [-0.1, -0.05) is 45.7 Å². The van der Waals surface area contributed by atoms with Crippen LogP contribution < -0.4 is 10.1 Å². The Kier molecular flexibility index (Phi) is 7.57. The first kappa shape index (κ1) is 16.0. The van der Waals surface area contributed by atoms with Gasteiger partial charge in [0, 0.05) is 6.04 Å². The lowest BCUT2D eigenvalue weighted by Gasteiger charge is -2.23. The molecule has 0 saturated carbocycles. The molecule has 0 saturated heterocycles. The van der Waals surface area contributed by atoms with Crippen molar-refractivity contribution in [3.8, 4) is 5.75 Å². The van der Waals surface area contributed by atoms with Gasteiger partial charge in [-0.25, -0.2) is 0 Å². The van der Waals surface area contributed by atoms with E-state index < -0.39 is 0 Å². The van der Waals surface area contributed by atoms with Gasteiger partial charge in [-0.2, -0.15) is 0 Å². The van der Waals surface area contributed by atoms with Crippen LogP contribution in [0.1, 0.15) is 58.6 Å². The highest BCUT2D eigenvalue weighted by Crippen LogP contribution is 2.26. The molecular formula is C17H29NO. The summed E-state index contributed by atoms with van der Waals surface area (Å²) in [6.07, 6.45) is 3.74. The first-order chi connectivity index (χ1) is 9.24. The summed E-state index contributed by atoms with van der Waals surface area (Å²) in [6.45, 7) is 10.5. The fourth-order valence-electron chi connectivity index (χ4n) is 2.50. The zero-order valence-corrected chi connectivity index (χ0v) is 12.9. The maximum atomic E-state index is 5.50. The van der Waals surface area contributed by atoms with Crippen molar-refractivity contribution in [3.05, 3.63) is 29.8 Å². The van der Waals surface area contributed by atoms with Crippen molar-refractivity contribution in [2.24, 2.45) is 5.92 Å². The molecule has 1 aromatic carbocycles. The molecule has 0 heterocycles. The Bertz CT molecular complexity index is 330. The average molecular weight is 263 g/mol. The van der Waals surface area contributed by atoms with Gasteiger partial charge in [-0.05, 0) is 43.5 Å². The second kappa shape index (κ2) is 8.98. The smallest absolute Gasteiger partial charge is 0.119 e. The molecule has 0 aliphatic heterocycles. The fraction of sp³-hybridized carbons (Fsp3) is 0.647. The zero-order chi connectivity index (χ0) is 14.1. The Morgan fingerprint density at radius 3 is 2.11 bits per heavy atom. The molecule has 1 atom stereocenters. The molecule has 0 spiro atoms. The Labute approximate surface area is 118 Å². The van der Waals surface area contributed by atoms with Gasteiger partial charge in [-0.15, -0.1) is 0 Å². The first-order valence-electron chi connectivity index (χ1n) is 7.71. The highest BCUT2D eigenvalue weighted by Gasteiger charge is 2.15. The number of rotatable bonds is 9. The predicted molar refractivity (Wildman–Crippen MR) is 82.7 cm³/mol. The van der Waals surface area contributed by atoms with Gasteiger partial charge < -0.3 is 10.1 Å². The summed E-state index contributed by atoms with van der Waals surface area (Å²) in [6, 6.07) is 9.01. The van der Waals surface area contributed by atoms with E-state index in [1.807, 2.05) is 6.92 Å². The molecule has 0 fully saturated rings. The Morgan fingerprint density at radius 2 is 1.63 bits per heavy atom. The van der Waals surface area contributed by atoms with Gasteiger partial charge in [0.05, 0.1) is 6.61 Å². The van der Waals surface area contributed by atoms with Crippen LogP contribution in [0.3, 0.4) is 0 Å². The molecule has 0 bridgehead atoms. The first-order valence-corrected chi connectivity index (χ1v) is 7.71. The van der Waals surface area contributed by atoms with Crippen LogP contribution >= 0.6 is 0 Å². The molecule has 0 aromatic heterocycles. The highest BCUT2D eigenvalue weighted by molar-refractivity contribution is 5.29. The van der Waals surface area contributed by atoms with E-state index in [1.54, 1.807) is 0 Å². The van der Waals surface area contributed by atoms with E-state index in [-0.39, 0.29) is 0 Å². The zero-order valence-electron chi connectivity index (χ0n) is 12.9. The van der Waals surface area contributed by atoms with E-state index in [2.05, 4.69) is 50.4 Å². The summed E-state index contributed by atoms with van der Waals surface area (Å²) in [5.41, 5.74) is 1.37. The molecule has 2 nitrogen and oxygen atoms in total. The van der Waals surface area contributed by atoms with Crippen LogP contribution in [-0.2, 0) is 0 Å². The third-order valence-electron chi connectivity index (χ3n) is 3.77. The largest absolute Gasteiger partial charge is 0.494 e. The lowest BCUT2D eigenvalue weighted by atomic mass is 9.91. The van der Waals surface area contributed by atoms with Crippen LogP contribution in [0, 0.1) is 5.92 Å². The number of hydrogen-bond donors (Lipinski definition) is 1. The quantitative estimate of drug-likeness (QED) is 0.705. The molecular weight excluding hydrogens is 234 g/mol. The van der Waals surface area contributed by atoms with E-state index in [1.165, 1.54) is 24.8 Å². The lowest BCUT2D eigenvalue weighted by molar-refractivity contribution is 0.339. The van der Waals surface area contributed by atoms with Gasteiger partial charge in [0.25, 0.3) is 0 Å². The molecule has 0 aliphatic rings. The number of nitrogens with one attached hydrogen (secondary N) is 1. The average Bonchev–Trinajstić information content (AvgIpc) is 2.45. The van der Waals surface area contributed by atoms with Crippen molar-refractivity contribution >= 4 is 0 Å². The Balaban J connectivity index is 2.74. The molecule has 1 N–H and O–H groups in total. The molecule has 19 heavy (non-hydrogen) atoms. The third kappa shape index (κ3) is 5.23. The molecule has 2 heteroatoms. The number of hydrogen-bond acceptors (Lipinski definition) is 2. The summed E-state index contributed by atoms with van der Waals surface area (Å²) in [5, 5.41) is 3.61.